The Morgan fingerprint density at radius 2 is 2.33 bits per heavy atom. The zero-order valence-corrected chi connectivity index (χ0v) is 10.0. The van der Waals surface area contributed by atoms with Crippen LogP contribution in [0.15, 0.2) is 22.7 Å². The molecule has 0 bridgehead atoms. The Hall–Kier alpha value is -1.88. The van der Waals surface area contributed by atoms with Crippen LogP contribution in [0.3, 0.4) is 0 Å². The van der Waals surface area contributed by atoms with Crippen LogP contribution in [-0.4, -0.2) is 28.4 Å². The van der Waals surface area contributed by atoms with Crippen LogP contribution in [0.4, 0.5) is 5.69 Å². The predicted octanol–water partition coefficient (Wildman–Crippen LogP) is 1.63. The minimum absolute atomic E-state index is 0.0348. The van der Waals surface area contributed by atoms with E-state index in [1.165, 1.54) is 11.3 Å². The molecule has 5 heteroatoms. The number of aryl methyl sites for hydroxylation is 1. The molecular formula is C13H15N3O2. The first-order valence-electron chi connectivity index (χ1n) is 6.17. The van der Waals surface area contributed by atoms with Gasteiger partial charge in [-0.25, -0.2) is 0 Å². The third kappa shape index (κ3) is 2.09. The van der Waals surface area contributed by atoms with E-state index in [1.807, 2.05) is 6.07 Å². The lowest BCUT2D eigenvalue weighted by Gasteiger charge is -2.17. The highest BCUT2D eigenvalue weighted by Crippen LogP contribution is 2.27. The summed E-state index contributed by atoms with van der Waals surface area (Å²) in [6, 6.07) is 6.13. The molecule has 0 radical (unpaired) electrons. The maximum atomic E-state index is 8.83. The normalized spacial score (nSPS) is 14.1. The van der Waals surface area contributed by atoms with Crippen molar-refractivity contribution in [2.24, 2.45) is 0 Å². The summed E-state index contributed by atoms with van der Waals surface area (Å²) < 4.78 is 5.20. The smallest absolute Gasteiger partial charge is 0.257 e. The highest BCUT2D eigenvalue weighted by molar-refractivity contribution is 5.63. The second kappa shape index (κ2) is 4.78. The van der Waals surface area contributed by atoms with E-state index in [2.05, 4.69) is 27.6 Å². The molecule has 1 aliphatic rings. The number of nitrogens with zero attached hydrogens (tertiary/aromatic N) is 2. The third-order valence-corrected chi connectivity index (χ3v) is 3.09. The fourth-order valence-corrected chi connectivity index (χ4v) is 2.18. The summed E-state index contributed by atoms with van der Waals surface area (Å²) in [5.74, 6) is 1.06. The Kier molecular flexibility index (Phi) is 2.98. The minimum atomic E-state index is 0.0348. The second-order valence-electron chi connectivity index (χ2n) is 4.39. The average molecular weight is 245 g/mol. The van der Waals surface area contributed by atoms with Crippen molar-refractivity contribution in [3.05, 3.63) is 29.6 Å². The number of aliphatic hydroxyl groups is 1. The topological polar surface area (TPSA) is 71.2 Å². The lowest BCUT2D eigenvalue weighted by atomic mass is 10.0. The van der Waals surface area contributed by atoms with Gasteiger partial charge in [-0.3, -0.25) is 0 Å². The van der Waals surface area contributed by atoms with E-state index in [4.69, 9.17) is 9.63 Å². The Morgan fingerprint density at radius 1 is 1.39 bits per heavy atom. The van der Waals surface area contributed by atoms with Crippen molar-refractivity contribution in [3.8, 4) is 11.5 Å². The van der Waals surface area contributed by atoms with Gasteiger partial charge in [0.15, 0.2) is 5.82 Å². The monoisotopic (exact) mass is 245 g/mol. The quantitative estimate of drug-likeness (QED) is 0.860. The molecule has 2 heterocycles. The van der Waals surface area contributed by atoms with Gasteiger partial charge >= 0.3 is 0 Å². The Balaban J connectivity index is 1.91. The Labute approximate surface area is 105 Å². The molecule has 1 aromatic heterocycles. The van der Waals surface area contributed by atoms with Gasteiger partial charge in [0, 0.05) is 24.2 Å². The largest absolute Gasteiger partial charge is 0.396 e. The van der Waals surface area contributed by atoms with E-state index in [0.29, 0.717) is 18.1 Å². The standard InChI is InChI=1S/C13H15N3O2/c17-7-5-12-15-13(18-16-12)10-3-4-11-9(8-10)2-1-6-14-11/h3-4,8,14,17H,1-2,5-7H2. The van der Waals surface area contributed by atoms with Gasteiger partial charge < -0.3 is 14.9 Å². The van der Waals surface area contributed by atoms with E-state index in [1.54, 1.807) is 0 Å². The molecular weight excluding hydrogens is 230 g/mol. The molecule has 1 aromatic carbocycles. The van der Waals surface area contributed by atoms with Crippen molar-refractivity contribution in [1.82, 2.24) is 10.1 Å². The highest BCUT2D eigenvalue weighted by atomic mass is 16.5. The van der Waals surface area contributed by atoms with Crippen LogP contribution in [0.2, 0.25) is 0 Å². The van der Waals surface area contributed by atoms with Crippen LogP contribution in [-0.2, 0) is 12.8 Å². The van der Waals surface area contributed by atoms with Gasteiger partial charge in [0.25, 0.3) is 5.89 Å². The summed E-state index contributed by atoms with van der Waals surface area (Å²) in [5.41, 5.74) is 3.43. The molecule has 0 atom stereocenters. The van der Waals surface area contributed by atoms with Crippen LogP contribution in [0.1, 0.15) is 17.8 Å². The van der Waals surface area contributed by atoms with Crippen molar-refractivity contribution < 1.29 is 9.63 Å². The second-order valence-corrected chi connectivity index (χ2v) is 4.39. The van der Waals surface area contributed by atoms with Gasteiger partial charge in [0.1, 0.15) is 0 Å². The number of nitrogens with one attached hydrogen (secondary N) is 1. The summed E-state index contributed by atoms with van der Waals surface area (Å²) in [7, 11) is 0. The maximum Gasteiger partial charge on any atom is 0.257 e. The van der Waals surface area contributed by atoms with E-state index in [0.717, 1.165) is 24.9 Å². The van der Waals surface area contributed by atoms with E-state index < -0.39 is 0 Å². The fourth-order valence-electron chi connectivity index (χ4n) is 2.18. The Morgan fingerprint density at radius 3 is 3.22 bits per heavy atom. The van der Waals surface area contributed by atoms with Crippen molar-refractivity contribution in [2.75, 3.05) is 18.5 Å². The molecule has 0 amide bonds. The number of anilines is 1. The summed E-state index contributed by atoms with van der Waals surface area (Å²) in [5, 5.41) is 16.0. The molecule has 0 aliphatic carbocycles. The summed E-state index contributed by atoms with van der Waals surface area (Å²) in [6.45, 7) is 1.07. The molecule has 18 heavy (non-hydrogen) atoms. The molecule has 0 saturated carbocycles. The number of hydrogen-bond donors (Lipinski definition) is 2. The predicted molar refractivity (Wildman–Crippen MR) is 67.3 cm³/mol. The molecule has 0 saturated heterocycles. The van der Waals surface area contributed by atoms with Crippen LogP contribution in [0, 0.1) is 0 Å². The van der Waals surface area contributed by atoms with Gasteiger partial charge in [-0.05, 0) is 36.6 Å². The lowest BCUT2D eigenvalue weighted by molar-refractivity contribution is 0.293. The van der Waals surface area contributed by atoms with Crippen molar-refractivity contribution in [2.45, 2.75) is 19.3 Å². The SMILES string of the molecule is OCCc1noc(-c2ccc3c(c2)CCCN3)n1. The summed E-state index contributed by atoms with van der Waals surface area (Å²) in [6.07, 6.45) is 2.65. The van der Waals surface area contributed by atoms with Gasteiger partial charge in [-0.15, -0.1) is 0 Å². The fraction of sp³-hybridized carbons (Fsp3) is 0.385. The first-order chi connectivity index (χ1) is 8.86. The van der Waals surface area contributed by atoms with Crippen LogP contribution in [0.5, 0.6) is 0 Å². The first kappa shape index (κ1) is 11.2. The number of fused-ring (bicyclic) bond motifs is 1. The number of rotatable bonds is 3. The first-order valence-corrected chi connectivity index (χ1v) is 6.17. The molecule has 94 valence electrons. The molecule has 0 fully saturated rings. The third-order valence-electron chi connectivity index (χ3n) is 3.09. The maximum absolute atomic E-state index is 8.83. The van der Waals surface area contributed by atoms with Gasteiger partial charge in [-0.1, -0.05) is 5.16 Å². The van der Waals surface area contributed by atoms with E-state index in [9.17, 15) is 0 Å². The molecule has 1 aliphatic heterocycles. The summed E-state index contributed by atoms with van der Waals surface area (Å²) >= 11 is 0. The highest BCUT2D eigenvalue weighted by Gasteiger charge is 2.13. The molecule has 0 unspecified atom stereocenters. The van der Waals surface area contributed by atoms with Crippen molar-refractivity contribution in [1.29, 1.82) is 0 Å². The number of benzene rings is 1. The van der Waals surface area contributed by atoms with Gasteiger partial charge in [0.2, 0.25) is 0 Å². The van der Waals surface area contributed by atoms with Crippen molar-refractivity contribution in [3.63, 3.8) is 0 Å². The molecule has 2 N–H and O–H groups in total. The molecule has 3 rings (SSSR count). The molecule has 5 nitrogen and oxygen atoms in total. The zero-order chi connectivity index (χ0) is 12.4. The van der Waals surface area contributed by atoms with Crippen LogP contribution >= 0.6 is 0 Å². The number of aliphatic hydroxyl groups excluding tert-OH is 1. The number of aromatic nitrogens is 2. The average Bonchev–Trinajstić information content (AvgIpc) is 2.87. The van der Waals surface area contributed by atoms with Gasteiger partial charge in [-0.2, -0.15) is 4.98 Å². The molecule has 2 aromatic rings. The van der Waals surface area contributed by atoms with Crippen molar-refractivity contribution >= 4 is 5.69 Å². The minimum Gasteiger partial charge on any atom is -0.396 e. The lowest BCUT2D eigenvalue weighted by Crippen LogP contribution is -2.11. The molecule has 0 spiro atoms. The Bertz CT molecular complexity index is 551. The summed E-state index contributed by atoms with van der Waals surface area (Å²) in [4.78, 5) is 4.26. The van der Waals surface area contributed by atoms with Gasteiger partial charge in [0.05, 0.1) is 6.61 Å². The zero-order valence-electron chi connectivity index (χ0n) is 10.0. The van der Waals surface area contributed by atoms with E-state index in [-0.39, 0.29) is 6.61 Å². The van der Waals surface area contributed by atoms with E-state index >= 15 is 0 Å². The van der Waals surface area contributed by atoms with Crippen LogP contribution in [0.25, 0.3) is 11.5 Å². The number of hydrogen-bond acceptors (Lipinski definition) is 5. The van der Waals surface area contributed by atoms with Crippen LogP contribution < -0.4 is 5.32 Å².